The van der Waals surface area contributed by atoms with Crippen LogP contribution in [0.1, 0.15) is 43.5 Å². The third-order valence-corrected chi connectivity index (χ3v) is 9.85. The number of nitrogens with one attached hydrogen (secondary N) is 1. The molecule has 2 fully saturated rings. The Morgan fingerprint density at radius 1 is 0.833 bits per heavy atom. The van der Waals surface area contributed by atoms with E-state index < -0.39 is 0 Å². The van der Waals surface area contributed by atoms with Crippen LogP contribution in [0.2, 0.25) is 10.0 Å². The van der Waals surface area contributed by atoms with Crippen LogP contribution in [0.3, 0.4) is 0 Å². The first-order chi connectivity index (χ1) is 23.4. The second-order valence-electron chi connectivity index (χ2n) is 12.3. The zero-order chi connectivity index (χ0) is 33.6. The van der Waals surface area contributed by atoms with Crippen molar-refractivity contribution in [3.05, 3.63) is 70.2 Å². The number of carbonyl (C=O) groups is 1. The van der Waals surface area contributed by atoms with E-state index in [1.54, 1.807) is 33.7 Å². The molecule has 2 aromatic heterocycles. The number of amides is 1. The Balaban J connectivity index is 1.20. The Labute approximate surface area is 291 Å². The van der Waals surface area contributed by atoms with Gasteiger partial charge in [-0.1, -0.05) is 59.6 Å². The summed E-state index contributed by atoms with van der Waals surface area (Å²) in [7, 11) is 4.94. The van der Waals surface area contributed by atoms with E-state index in [4.69, 9.17) is 57.3 Å². The quantitative estimate of drug-likeness (QED) is 0.155. The van der Waals surface area contributed by atoms with Gasteiger partial charge in [0.1, 0.15) is 11.4 Å². The number of ether oxygens (including phenoxy) is 3. The first-order valence-corrected chi connectivity index (χ1v) is 17.0. The molecular formula is C36H40Cl2N6O4. The van der Waals surface area contributed by atoms with Gasteiger partial charge < -0.3 is 19.5 Å². The largest absolute Gasteiger partial charge is 0.480 e. The number of nitrogens with zero attached hydrogens (tertiary/aromatic N) is 5. The number of rotatable bonds is 14. The molecule has 0 radical (unpaired) electrons. The van der Waals surface area contributed by atoms with Gasteiger partial charge in [0.25, 0.3) is 0 Å². The van der Waals surface area contributed by atoms with Crippen molar-refractivity contribution in [1.29, 1.82) is 0 Å². The van der Waals surface area contributed by atoms with Crippen molar-refractivity contribution in [3.63, 3.8) is 0 Å². The van der Waals surface area contributed by atoms with Crippen molar-refractivity contribution in [2.24, 2.45) is 5.92 Å². The van der Waals surface area contributed by atoms with E-state index in [2.05, 4.69) is 10.2 Å². The Bertz CT molecular complexity index is 1770. The van der Waals surface area contributed by atoms with E-state index in [1.165, 1.54) is 0 Å². The van der Waals surface area contributed by atoms with Gasteiger partial charge in [-0.05, 0) is 38.0 Å². The summed E-state index contributed by atoms with van der Waals surface area (Å²) >= 11 is 14.1. The number of methoxy groups -OCH3 is 3. The number of halogens is 2. The Morgan fingerprint density at radius 3 is 1.98 bits per heavy atom. The van der Waals surface area contributed by atoms with Crippen molar-refractivity contribution in [3.8, 4) is 45.4 Å². The molecule has 1 atom stereocenters. The Hall–Kier alpha value is -3.83. The fourth-order valence-electron chi connectivity index (χ4n) is 6.43. The lowest BCUT2D eigenvalue weighted by atomic mass is 9.96. The van der Waals surface area contributed by atoms with Gasteiger partial charge in [0, 0.05) is 68.1 Å². The Morgan fingerprint density at radius 2 is 1.42 bits per heavy atom. The van der Waals surface area contributed by atoms with Crippen LogP contribution in [-0.2, 0) is 22.5 Å². The molecule has 1 amide bonds. The monoisotopic (exact) mass is 690 g/mol. The standard InChI is InChI=1S/C36H40Cl2N6O4/c1-46-16-15-22-19-44(20-22)21-31-36(48-3)43-30(18-40-31)27-11-6-9-25(34(27)38)24-8-5-10-26(33(24)37)29-17-39-28(35(42-29)47-2)12-4-7-23-13-14-32(45)41-23/h5-6,8-11,17-18,22-23H,4,7,12-16,19-21H2,1-3H3,(H,41,45)/t23-/m1/s1. The van der Waals surface area contributed by atoms with Gasteiger partial charge in [-0.2, -0.15) is 0 Å². The van der Waals surface area contributed by atoms with Gasteiger partial charge >= 0.3 is 0 Å². The lowest BCUT2D eigenvalue weighted by Gasteiger charge is -2.39. The minimum absolute atomic E-state index is 0.127. The lowest BCUT2D eigenvalue weighted by Crippen LogP contribution is -2.46. The summed E-state index contributed by atoms with van der Waals surface area (Å²) < 4.78 is 16.5. The molecule has 2 aliphatic rings. The van der Waals surface area contributed by atoms with Gasteiger partial charge in [0.2, 0.25) is 17.7 Å². The number of benzene rings is 2. The zero-order valence-corrected chi connectivity index (χ0v) is 29.0. The van der Waals surface area contributed by atoms with E-state index in [0.717, 1.165) is 73.5 Å². The fraction of sp³-hybridized carbons (Fsp3) is 0.417. The highest BCUT2D eigenvalue weighted by molar-refractivity contribution is 6.39. The van der Waals surface area contributed by atoms with Crippen LogP contribution < -0.4 is 14.8 Å². The van der Waals surface area contributed by atoms with Gasteiger partial charge in [-0.15, -0.1) is 0 Å². The second-order valence-corrected chi connectivity index (χ2v) is 13.0. The molecular weight excluding hydrogens is 651 g/mol. The molecule has 48 heavy (non-hydrogen) atoms. The average Bonchev–Trinajstić information content (AvgIpc) is 3.50. The average molecular weight is 692 g/mol. The molecule has 0 aliphatic carbocycles. The van der Waals surface area contributed by atoms with Crippen LogP contribution in [-0.4, -0.2) is 77.8 Å². The SMILES string of the molecule is COCCC1CN(Cc2ncc(-c3cccc(-c4cccc(-c5cnc(CCC[C@@H]6CCC(=O)N6)c(OC)n5)c4Cl)c3Cl)nc2OC)C1. The number of aromatic nitrogens is 4. The highest BCUT2D eigenvalue weighted by Gasteiger charge is 2.28. The minimum atomic E-state index is 0.127. The summed E-state index contributed by atoms with van der Waals surface area (Å²) in [6.45, 7) is 3.47. The van der Waals surface area contributed by atoms with Gasteiger partial charge in [0.15, 0.2) is 0 Å². The number of hydrogen-bond acceptors (Lipinski definition) is 9. The van der Waals surface area contributed by atoms with Crippen LogP contribution in [0.15, 0.2) is 48.8 Å². The molecule has 252 valence electrons. The Kier molecular flexibility index (Phi) is 11.1. The highest BCUT2D eigenvalue weighted by Crippen LogP contribution is 2.42. The van der Waals surface area contributed by atoms with E-state index >= 15 is 0 Å². The number of aryl methyl sites for hydroxylation is 1. The number of likely N-dealkylation sites (tertiary alicyclic amines) is 1. The van der Waals surface area contributed by atoms with Crippen LogP contribution in [0.25, 0.3) is 33.6 Å². The first-order valence-electron chi connectivity index (χ1n) is 16.3. The van der Waals surface area contributed by atoms with Crippen LogP contribution in [0.5, 0.6) is 11.8 Å². The van der Waals surface area contributed by atoms with Gasteiger partial charge in [0.05, 0.1) is 48.0 Å². The van der Waals surface area contributed by atoms with Crippen molar-refractivity contribution in [2.45, 2.75) is 51.1 Å². The first kappa shape index (κ1) is 34.0. The third-order valence-electron chi connectivity index (χ3n) is 9.04. The highest BCUT2D eigenvalue weighted by atomic mass is 35.5. The minimum Gasteiger partial charge on any atom is -0.480 e. The van der Waals surface area contributed by atoms with Crippen molar-refractivity contribution in [2.75, 3.05) is 41.0 Å². The van der Waals surface area contributed by atoms with E-state index in [1.807, 2.05) is 36.4 Å². The molecule has 0 bridgehead atoms. The second kappa shape index (κ2) is 15.6. The molecule has 4 aromatic rings. The smallest absolute Gasteiger partial charge is 0.237 e. The van der Waals surface area contributed by atoms with E-state index in [9.17, 15) is 4.79 Å². The predicted octanol–water partition coefficient (Wildman–Crippen LogP) is 6.66. The fourth-order valence-corrected chi connectivity index (χ4v) is 7.08. The summed E-state index contributed by atoms with van der Waals surface area (Å²) in [5.74, 6) is 1.71. The summed E-state index contributed by atoms with van der Waals surface area (Å²) in [6.07, 6.45) is 8.47. The zero-order valence-electron chi connectivity index (χ0n) is 27.5. The summed E-state index contributed by atoms with van der Waals surface area (Å²) in [5.41, 5.74) is 5.70. The van der Waals surface area contributed by atoms with Gasteiger partial charge in [-0.3, -0.25) is 19.7 Å². The van der Waals surface area contributed by atoms with Crippen LogP contribution in [0.4, 0.5) is 0 Å². The van der Waals surface area contributed by atoms with Crippen LogP contribution >= 0.6 is 23.2 Å². The lowest BCUT2D eigenvalue weighted by molar-refractivity contribution is -0.119. The van der Waals surface area contributed by atoms with Gasteiger partial charge in [-0.25, -0.2) is 9.97 Å². The molecule has 10 nitrogen and oxygen atoms in total. The van der Waals surface area contributed by atoms with Crippen LogP contribution in [0, 0.1) is 5.92 Å². The van der Waals surface area contributed by atoms with E-state index in [0.29, 0.717) is 64.1 Å². The molecule has 4 heterocycles. The maximum Gasteiger partial charge on any atom is 0.237 e. The normalized spacial score (nSPS) is 16.5. The molecule has 2 saturated heterocycles. The summed E-state index contributed by atoms with van der Waals surface area (Å²) in [5, 5.41) is 4.01. The predicted molar refractivity (Wildman–Crippen MR) is 186 cm³/mol. The third kappa shape index (κ3) is 7.57. The summed E-state index contributed by atoms with van der Waals surface area (Å²) in [6, 6.07) is 11.8. The topological polar surface area (TPSA) is 112 Å². The summed E-state index contributed by atoms with van der Waals surface area (Å²) in [4.78, 5) is 32.8. The molecule has 2 aromatic carbocycles. The van der Waals surface area contributed by atoms with E-state index in [-0.39, 0.29) is 11.9 Å². The molecule has 0 unspecified atom stereocenters. The molecule has 0 spiro atoms. The molecule has 12 heteroatoms. The molecule has 2 aliphatic heterocycles. The number of hydrogen-bond donors (Lipinski definition) is 1. The maximum absolute atomic E-state index is 11.5. The van der Waals surface area contributed by atoms with Crippen molar-refractivity contribution >= 4 is 29.1 Å². The maximum atomic E-state index is 11.5. The molecule has 6 rings (SSSR count). The van der Waals surface area contributed by atoms with Crippen molar-refractivity contribution in [1.82, 2.24) is 30.2 Å². The van der Waals surface area contributed by atoms with Crippen molar-refractivity contribution < 1.29 is 19.0 Å². The molecule has 0 saturated carbocycles. The molecule has 1 N–H and O–H groups in total. The number of carbonyl (C=O) groups excluding carboxylic acids is 1.